The van der Waals surface area contributed by atoms with E-state index in [1.165, 1.54) is 0 Å². The van der Waals surface area contributed by atoms with Crippen molar-refractivity contribution in [3.63, 3.8) is 0 Å². The van der Waals surface area contributed by atoms with Crippen molar-refractivity contribution in [3.8, 4) is 5.75 Å². The van der Waals surface area contributed by atoms with Crippen LogP contribution in [0.4, 0.5) is 0 Å². The Balaban J connectivity index is 1.47. The number of benzene rings is 1. The first-order valence-corrected chi connectivity index (χ1v) is 8.02. The molecule has 0 aliphatic carbocycles. The third kappa shape index (κ3) is 3.64. The average molecular weight is 318 g/mol. The van der Waals surface area contributed by atoms with Crippen LogP contribution in [0.25, 0.3) is 0 Å². The van der Waals surface area contributed by atoms with E-state index in [-0.39, 0.29) is 24.5 Å². The zero-order valence-corrected chi connectivity index (χ0v) is 13.4. The quantitative estimate of drug-likeness (QED) is 0.770. The molecule has 0 saturated carbocycles. The van der Waals surface area contributed by atoms with Crippen molar-refractivity contribution in [1.29, 1.82) is 0 Å². The third-order valence-corrected chi connectivity index (χ3v) is 4.46. The summed E-state index contributed by atoms with van der Waals surface area (Å²) in [4.78, 5) is 27.8. The van der Waals surface area contributed by atoms with Gasteiger partial charge in [0.05, 0.1) is 6.61 Å². The lowest BCUT2D eigenvalue weighted by molar-refractivity contribution is -0.143. The number of ether oxygens (including phenoxy) is 2. The summed E-state index contributed by atoms with van der Waals surface area (Å²) in [6.45, 7) is 5.17. The van der Waals surface area contributed by atoms with E-state index in [0.717, 1.165) is 17.7 Å². The van der Waals surface area contributed by atoms with Gasteiger partial charge in [-0.25, -0.2) is 0 Å². The second-order valence-electron chi connectivity index (χ2n) is 5.94. The number of amides is 1. The highest BCUT2D eigenvalue weighted by Crippen LogP contribution is 2.18. The van der Waals surface area contributed by atoms with E-state index >= 15 is 0 Å². The van der Waals surface area contributed by atoms with Gasteiger partial charge in [-0.1, -0.05) is 18.2 Å². The van der Waals surface area contributed by atoms with Crippen LogP contribution in [0.1, 0.15) is 12.0 Å². The standard InChI is InChI=1S/C17H22N2O4/c1-13-4-2-3-5-15(13)23-12-16(20)19-9-7-18(8-10-19)14-6-11-22-17(14)21/h2-5,14H,6-12H2,1H3/t14-/m1/s1. The summed E-state index contributed by atoms with van der Waals surface area (Å²) in [5.74, 6) is 0.600. The molecule has 2 saturated heterocycles. The van der Waals surface area contributed by atoms with Gasteiger partial charge in [0.1, 0.15) is 11.8 Å². The van der Waals surface area contributed by atoms with Crippen LogP contribution in [-0.4, -0.2) is 67.1 Å². The summed E-state index contributed by atoms with van der Waals surface area (Å²) in [5.41, 5.74) is 1.02. The lowest BCUT2D eigenvalue weighted by Gasteiger charge is -2.36. The molecule has 1 aromatic carbocycles. The van der Waals surface area contributed by atoms with E-state index < -0.39 is 0 Å². The normalized spacial score (nSPS) is 22.0. The molecule has 23 heavy (non-hydrogen) atoms. The molecule has 2 heterocycles. The van der Waals surface area contributed by atoms with E-state index in [1.807, 2.05) is 31.2 Å². The van der Waals surface area contributed by atoms with E-state index in [1.54, 1.807) is 4.90 Å². The van der Waals surface area contributed by atoms with Crippen molar-refractivity contribution < 1.29 is 19.1 Å². The minimum atomic E-state index is -0.132. The molecule has 6 heteroatoms. The van der Waals surface area contributed by atoms with Gasteiger partial charge >= 0.3 is 5.97 Å². The maximum absolute atomic E-state index is 12.3. The average Bonchev–Trinajstić information content (AvgIpc) is 3.00. The largest absolute Gasteiger partial charge is 0.484 e. The summed E-state index contributed by atoms with van der Waals surface area (Å²) < 4.78 is 10.6. The zero-order chi connectivity index (χ0) is 16.2. The van der Waals surface area contributed by atoms with Crippen LogP contribution in [0.5, 0.6) is 5.75 Å². The van der Waals surface area contributed by atoms with Crippen molar-refractivity contribution >= 4 is 11.9 Å². The molecule has 0 unspecified atom stereocenters. The van der Waals surface area contributed by atoms with Gasteiger partial charge in [0.25, 0.3) is 5.91 Å². The van der Waals surface area contributed by atoms with Gasteiger partial charge in [0, 0.05) is 32.6 Å². The van der Waals surface area contributed by atoms with Crippen LogP contribution >= 0.6 is 0 Å². The second-order valence-corrected chi connectivity index (χ2v) is 5.94. The molecule has 3 rings (SSSR count). The van der Waals surface area contributed by atoms with Crippen LogP contribution in [0.2, 0.25) is 0 Å². The number of rotatable bonds is 4. The lowest BCUT2D eigenvalue weighted by Crippen LogP contribution is -2.53. The Hall–Kier alpha value is -2.08. The first kappa shape index (κ1) is 15.8. The number of hydrogen-bond donors (Lipinski definition) is 0. The highest BCUT2D eigenvalue weighted by molar-refractivity contribution is 5.79. The van der Waals surface area contributed by atoms with Crippen molar-refractivity contribution in [2.24, 2.45) is 0 Å². The third-order valence-electron chi connectivity index (χ3n) is 4.46. The van der Waals surface area contributed by atoms with Gasteiger partial charge in [-0.15, -0.1) is 0 Å². The Morgan fingerprint density at radius 2 is 2.00 bits per heavy atom. The Morgan fingerprint density at radius 1 is 1.26 bits per heavy atom. The number of para-hydroxylation sites is 1. The minimum Gasteiger partial charge on any atom is -0.484 e. The first-order valence-electron chi connectivity index (χ1n) is 8.02. The maximum atomic E-state index is 12.3. The summed E-state index contributed by atoms with van der Waals surface area (Å²) in [6.07, 6.45) is 0.753. The molecule has 0 bridgehead atoms. The van der Waals surface area contributed by atoms with E-state index in [4.69, 9.17) is 9.47 Å². The van der Waals surface area contributed by atoms with E-state index in [0.29, 0.717) is 32.8 Å². The molecule has 2 aliphatic heterocycles. The summed E-state index contributed by atoms with van der Waals surface area (Å²) in [6, 6.07) is 7.53. The Morgan fingerprint density at radius 3 is 2.65 bits per heavy atom. The van der Waals surface area contributed by atoms with Gasteiger partial charge in [-0.2, -0.15) is 0 Å². The number of esters is 1. The predicted octanol–water partition coefficient (Wildman–Crippen LogP) is 0.834. The Labute approximate surface area is 136 Å². The maximum Gasteiger partial charge on any atom is 0.323 e. The molecule has 0 aromatic heterocycles. The number of carbonyl (C=O) groups excluding carboxylic acids is 2. The van der Waals surface area contributed by atoms with Gasteiger partial charge in [0.2, 0.25) is 0 Å². The summed E-state index contributed by atoms with van der Waals surface area (Å²) >= 11 is 0. The fourth-order valence-electron chi connectivity index (χ4n) is 3.05. The zero-order valence-electron chi connectivity index (χ0n) is 13.4. The van der Waals surface area contributed by atoms with E-state index in [9.17, 15) is 9.59 Å². The monoisotopic (exact) mass is 318 g/mol. The number of cyclic esters (lactones) is 1. The summed E-state index contributed by atoms with van der Waals surface area (Å²) in [5, 5.41) is 0. The first-order chi connectivity index (χ1) is 11.1. The molecule has 0 N–H and O–H groups in total. The summed E-state index contributed by atoms with van der Waals surface area (Å²) in [7, 11) is 0. The van der Waals surface area contributed by atoms with Crippen molar-refractivity contribution in [2.45, 2.75) is 19.4 Å². The van der Waals surface area contributed by atoms with Crippen LogP contribution in [-0.2, 0) is 14.3 Å². The molecule has 1 atom stereocenters. The molecular formula is C17H22N2O4. The smallest absolute Gasteiger partial charge is 0.323 e. The highest BCUT2D eigenvalue weighted by Gasteiger charge is 2.34. The van der Waals surface area contributed by atoms with Gasteiger partial charge in [-0.05, 0) is 18.6 Å². The molecule has 0 spiro atoms. The number of aryl methyl sites for hydroxylation is 1. The lowest BCUT2D eigenvalue weighted by atomic mass is 10.2. The SMILES string of the molecule is Cc1ccccc1OCC(=O)N1CCN([C@@H]2CCOC2=O)CC1. The molecular weight excluding hydrogens is 296 g/mol. The second kappa shape index (κ2) is 7.00. The number of carbonyl (C=O) groups is 2. The topological polar surface area (TPSA) is 59.1 Å². The number of nitrogens with zero attached hydrogens (tertiary/aromatic N) is 2. The van der Waals surface area contributed by atoms with Crippen molar-refractivity contribution in [2.75, 3.05) is 39.4 Å². The van der Waals surface area contributed by atoms with Gasteiger partial charge < -0.3 is 14.4 Å². The molecule has 6 nitrogen and oxygen atoms in total. The molecule has 1 aromatic rings. The molecule has 2 fully saturated rings. The van der Waals surface area contributed by atoms with Crippen LogP contribution < -0.4 is 4.74 Å². The molecule has 1 amide bonds. The predicted molar refractivity (Wildman–Crippen MR) is 84.2 cm³/mol. The minimum absolute atomic E-state index is 0.0121. The van der Waals surface area contributed by atoms with Crippen LogP contribution in [0, 0.1) is 6.92 Å². The fourth-order valence-corrected chi connectivity index (χ4v) is 3.05. The van der Waals surface area contributed by atoms with Crippen LogP contribution in [0.15, 0.2) is 24.3 Å². The van der Waals surface area contributed by atoms with Gasteiger partial charge in [0.15, 0.2) is 6.61 Å². The molecule has 124 valence electrons. The molecule has 2 aliphatic rings. The van der Waals surface area contributed by atoms with E-state index in [2.05, 4.69) is 4.90 Å². The molecule has 0 radical (unpaired) electrons. The number of hydrogen-bond acceptors (Lipinski definition) is 5. The Bertz CT molecular complexity index is 582. The Kier molecular flexibility index (Phi) is 4.81. The van der Waals surface area contributed by atoms with Gasteiger partial charge in [-0.3, -0.25) is 14.5 Å². The van der Waals surface area contributed by atoms with Crippen LogP contribution in [0.3, 0.4) is 0 Å². The number of piperazine rings is 1. The fraction of sp³-hybridized carbons (Fsp3) is 0.529. The highest BCUT2D eigenvalue weighted by atomic mass is 16.5. The van der Waals surface area contributed by atoms with Crippen molar-refractivity contribution in [1.82, 2.24) is 9.80 Å². The van der Waals surface area contributed by atoms with Crippen molar-refractivity contribution in [3.05, 3.63) is 29.8 Å².